The van der Waals surface area contributed by atoms with Gasteiger partial charge in [-0.3, -0.25) is 19.3 Å². The number of hydrogen-bond acceptors (Lipinski definition) is 6. The summed E-state index contributed by atoms with van der Waals surface area (Å²) in [7, 11) is 0. The number of benzene rings is 2. The lowest BCUT2D eigenvalue weighted by Gasteiger charge is -2.14. The molecular weight excluding hydrogens is 434 g/mol. The Bertz CT molecular complexity index is 1190. The highest BCUT2D eigenvalue weighted by atomic mass is 35.5. The summed E-state index contributed by atoms with van der Waals surface area (Å²) in [6, 6.07) is 16.1. The number of aromatic nitrogens is 1. The van der Waals surface area contributed by atoms with Crippen LogP contribution in [-0.4, -0.2) is 40.2 Å². The number of halogens is 1. The fourth-order valence-electron chi connectivity index (χ4n) is 3.19. The first-order valence-electron chi connectivity index (χ1n) is 9.55. The molecule has 3 aromatic rings. The van der Waals surface area contributed by atoms with E-state index in [-0.39, 0.29) is 29.1 Å². The Morgan fingerprint density at radius 2 is 1.59 bits per heavy atom. The summed E-state index contributed by atoms with van der Waals surface area (Å²) >= 11 is 5.87. The third-order valence-corrected chi connectivity index (χ3v) is 5.08. The number of pyridine rings is 1. The maximum Gasteiger partial charge on any atom is 0.338 e. The Labute approximate surface area is 187 Å². The molecule has 2 aromatic carbocycles. The SMILES string of the molecule is O=C(COC(=O)c1ccc(CN2C(=O)c3ccccc3C2=O)cc1)Nc1cccnc1Cl. The molecule has 0 saturated heterocycles. The van der Waals surface area contributed by atoms with Gasteiger partial charge in [0.1, 0.15) is 0 Å². The number of ether oxygens (including phenoxy) is 1. The van der Waals surface area contributed by atoms with Crippen molar-refractivity contribution in [2.75, 3.05) is 11.9 Å². The van der Waals surface area contributed by atoms with Crippen LogP contribution in [0.2, 0.25) is 5.15 Å². The molecule has 0 radical (unpaired) electrons. The van der Waals surface area contributed by atoms with E-state index in [0.29, 0.717) is 22.4 Å². The van der Waals surface area contributed by atoms with Crippen molar-refractivity contribution >= 4 is 41.0 Å². The maximum absolute atomic E-state index is 12.5. The Morgan fingerprint density at radius 3 is 2.22 bits per heavy atom. The van der Waals surface area contributed by atoms with E-state index in [0.717, 1.165) is 4.90 Å². The maximum atomic E-state index is 12.5. The molecule has 0 aliphatic carbocycles. The molecule has 1 N–H and O–H groups in total. The lowest BCUT2D eigenvalue weighted by molar-refractivity contribution is -0.119. The first kappa shape index (κ1) is 21.2. The van der Waals surface area contributed by atoms with Crippen LogP contribution in [0, 0.1) is 0 Å². The minimum absolute atomic E-state index is 0.0793. The molecule has 1 aliphatic rings. The van der Waals surface area contributed by atoms with Gasteiger partial charge in [-0.1, -0.05) is 35.9 Å². The number of carbonyl (C=O) groups excluding carboxylic acids is 4. The Kier molecular flexibility index (Phi) is 5.96. The molecule has 0 fully saturated rings. The van der Waals surface area contributed by atoms with Crippen molar-refractivity contribution in [3.05, 3.63) is 94.3 Å². The number of nitrogens with one attached hydrogen (secondary N) is 1. The van der Waals surface area contributed by atoms with Gasteiger partial charge in [0.05, 0.1) is 28.9 Å². The number of fused-ring (bicyclic) bond motifs is 1. The molecule has 0 saturated carbocycles. The minimum atomic E-state index is -0.690. The molecule has 8 nitrogen and oxygen atoms in total. The third-order valence-electron chi connectivity index (χ3n) is 4.78. The number of anilines is 1. The molecule has 2 heterocycles. The van der Waals surface area contributed by atoms with Gasteiger partial charge in [-0.05, 0) is 42.0 Å². The molecule has 0 bridgehead atoms. The first-order valence-corrected chi connectivity index (χ1v) is 9.93. The molecule has 1 aromatic heterocycles. The Hall–Kier alpha value is -4.04. The van der Waals surface area contributed by atoms with Gasteiger partial charge in [0.15, 0.2) is 11.8 Å². The number of imide groups is 1. The summed E-state index contributed by atoms with van der Waals surface area (Å²) in [6.07, 6.45) is 1.48. The summed E-state index contributed by atoms with van der Waals surface area (Å²) in [4.78, 5) is 54.1. The summed E-state index contributed by atoms with van der Waals surface area (Å²) in [5.41, 5.74) is 1.96. The Balaban J connectivity index is 1.33. The van der Waals surface area contributed by atoms with Crippen LogP contribution in [0.1, 0.15) is 36.6 Å². The highest BCUT2D eigenvalue weighted by Crippen LogP contribution is 2.24. The molecule has 160 valence electrons. The van der Waals surface area contributed by atoms with Crippen molar-refractivity contribution in [3.8, 4) is 0 Å². The summed E-state index contributed by atoms with van der Waals surface area (Å²) in [5, 5.41) is 2.63. The number of nitrogens with zero attached hydrogens (tertiary/aromatic N) is 2. The fourth-order valence-corrected chi connectivity index (χ4v) is 3.36. The first-order chi connectivity index (χ1) is 15.4. The average molecular weight is 450 g/mol. The van der Waals surface area contributed by atoms with Gasteiger partial charge in [-0.15, -0.1) is 0 Å². The van der Waals surface area contributed by atoms with Gasteiger partial charge in [0.25, 0.3) is 17.7 Å². The average Bonchev–Trinajstić information content (AvgIpc) is 3.04. The van der Waals surface area contributed by atoms with Crippen LogP contribution in [0.4, 0.5) is 5.69 Å². The molecule has 9 heteroatoms. The van der Waals surface area contributed by atoms with E-state index in [1.807, 2.05) is 0 Å². The molecule has 3 amide bonds. The summed E-state index contributed by atoms with van der Waals surface area (Å²) < 4.78 is 5.02. The largest absolute Gasteiger partial charge is 0.452 e. The van der Waals surface area contributed by atoms with E-state index in [1.54, 1.807) is 48.5 Å². The quantitative estimate of drug-likeness (QED) is 0.351. The number of rotatable bonds is 6. The zero-order valence-electron chi connectivity index (χ0n) is 16.6. The molecular formula is C23H16ClN3O5. The fraction of sp³-hybridized carbons (Fsp3) is 0.0870. The topological polar surface area (TPSA) is 106 Å². The number of carbonyl (C=O) groups is 4. The summed E-state index contributed by atoms with van der Waals surface area (Å²) in [5.74, 6) is -1.96. The zero-order valence-corrected chi connectivity index (χ0v) is 17.3. The van der Waals surface area contributed by atoms with Gasteiger partial charge >= 0.3 is 5.97 Å². The minimum Gasteiger partial charge on any atom is -0.452 e. The van der Waals surface area contributed by atoms with Crippen molar-refractivity contribution in [1.82, 2.24) is 9.88 Å². The van der Waals surface area contributed by atoms with E-state index >= 15 is 0 Å². The smallest absolute Gasteiger partial charge is 0.338 e. The van der Waals surface area contributed by atoms with Gasteiger partial charge in [-0.2, -0.15) is 0 Å². The standard InChI is InChI=1S/C23H16ClN3O5/c24-20-18(6-3-11-25-20)26-19(28)13-32-23(31)15-9-7-14(8-10-15)12-27-21(29)16-4-1-2-5-17(16)22(27)30/h1-11H,12-13H2,(H,26,28). The lowest BCUT2D eigenvalue weighted by Crippen LogP contribution is -2.29. The van der Waals surface area contributed by atoms with E-state index in [1.165, 1.54) is 18.3 Å². The van der Waals surface area contributed by atoms with E-state index in [9.17, 15) is 19.2 Å². The van der Waals surface area contributed by atoms with Gasteiger partial charge in [0, 0.05) is 6.20 Å². The predicted molar refractivity (Wildman–Crippen MR) is 115 cm³/mol. The van der Waals surface area contributed by atoms with Crippen LogP contribution in [0.5, 0.6) is 0 Å². The van der Waals surface area contributed by atoms with Crippen molar-refractivity contribution in [3.63, 3.8) is 0 Å². The third kappa shape index (κ3) is 4.35. The van der Waals surface area contributed by atoms with Crippen molar-refractivity contribution < 1.29 is 23.9 Å². The monoisotopic (exact) mass is 449 g/mol. The van der Waals surface area contributed by atoms with Crippen molar-refractivity contribution in [2.24, 2.45) is 0 Å². The predicted octanol–water partition coefficient (Wildman–Crippen LogP) is 3.33. The van der Waals surface area contributed by atoms with Gasteiger partial charge < -0.3 is 10.1 Å². The van der Waals surface area contributed by atoms with Crippen molar-refractivity contribution in [1.29, 1.82) is 0 Å². The van der Waals surface area contributed by atoms with Crippen LogP contribution >= 0.6 is 11.6 Å². The zero-order chi connectivity index (χ0) is 22.7. The second-order valence-electron chi connectivity index (χ2n) is 6.91. The number of amides is 3. The van der Waals surface area contributed by atoms with Crippen LogP contribution in [-0.2, 0) is 16.1 Å². The molecule has 1 aliphatic heterocycles. The molecule has 4 rings (SSSR count). The second-order valence-corrected chi connectivity index (χ2v) is 7.26. The highest BCUT2D eigenvalue weighted by Gasteiger charge is 2.34. The number of hydrogen-bond donors (Lipinski definition) is 1. The molecule has 0 atom stereocenters. The van der Waals surface area contributed by atoms with Gasteiger partial charge in [0.2, 0.25) is 0 Å². The van der Waals surface area contributed by atoms with Crippen LogP contribution in [0.3, 0.4) is 0 Å². The molecule has 0 spiro atoms. The second kappa shape index (κ2) is 8.99. The van der Waals surface area contributed by atoms with Gasteiger partial charge in [-0.25, -0.2) is 9.78 Å². The molecule has 0 unspecified atom stereocenters. The van der Waals surface area contributed by atoms with E-state index in [2.05, 4.69) is 10.3 Å². The highest BCUT2D eigenvalue weighted by molar-refractivity contribution is 6.32. The molecule has 32 heavy (non-hydrogen) atoms. The Morgan fingerprint density at radius 1 is 0.938 bits per heavy atom. The number of esters is 1. The summed E-state index contributed by atoms with van der Waals surface area (Å²) in [6.45, 7) is -0.420. The van der Waals surface area contributed by atoms with Crippen LogP contribution in [0.25, 0.3) is 0 Å². The van der Waals surface area contributed by atoms with Crippen LogP contribution < -0.4 is 5.32 Å². The van der Waals surface area contributed by atoms with Crippen molar-refractivity contribution in [2.45, 2.75) is 6.54 Å². The lowest BCUT2D eigenvalue weighted by atomic mass is 10.1. The van der Waals surface area contributed by atoms with E-state index in [4.69, 9.17) is 16.3 Å². The van der Waals surface area contributed by atoms with Crippen LogP contribution in [0.15, 0.2) is 66.9 Å². The normalized spacial score (nSPS) is 12.5. The van der Waals surface area contributed by atoms with E-state index < -0.39 is 18.5 Å².